The Labute approximate surface area is 79.0 Å². The molecule has 0 saturated heterocycles. The number of hydrogen-bond acceptors (Lipinski definition) is 3. The third-order valence-electron chi connectivity index (χ3n) is 0.283. The van der Waals surface area contributed by atoms with Crippen molar-refractivity contribution in [1.29, 1.82) is 0 Å². The molecule has 0 saturated carbocycles. The molecule has 0 N–H and O–H groups in total. The smallest absolute Gasteiger partial charge is 1.00 e. The van der Waals surface area contributed by atoms with E-state index in [9.17, 15) is 0 Å². The van der Waals surface area contributed by atoms with Crippen molar-refractivity contribution >= 4 is 0 Å². The second-order valence-electron chi connectivity index (χ2n) is 0.588. The van der Waals surface area contributed by atoms with Crippen molar-refractivity contribution in [3.8, 4) is 0 Å². The molecule has 1 rings (SSSR count). The molecular formula is C2H3KN2O. The minimum absolute atomic E-state index is 0. The van der Waals surface area contributed by atoms with E-state index in [1.54, 1.807) is 0 Å². The summed E-state index contributed by atoms with van der Waals surface area (Å²) in [6.45, 7) is 0. The molecule has 0 spiro atoms. The Morgan fingerprint density at radius 2 is 2.50 bits per heavy atom. The van der Waals surface area contributed by atoms with Crippen LogP contribution in [0, 0.1) is 0 Å². The summed E-state index contributed by atoms with van der Waals surface area (Å²) in [5.74, 6) is 0. The first-order valence-corrected chi connectivity index (χ1v) is 1.21. The molecule has 3 nitrogen and oxygen atoms in total. The van der Waals surface area contributed by atoms with Gasteiger partial charge in [0.05, 0.1) is 6.20 Å². The molecule has 4 heteroatoms. The van der Waals surface area contributed by atoms with Gasteiger partial charge in [-0.3, -0.25) is 0 Å². The van der Waals surface area contributed by atoms with Crippen molar-refractivity contribution in [3.05, 3.63) is 12.5 Å². The normalized spacial score (nSPS) is 6.67. The topological polar surface area (TPSA) is 38.9 Å². The summed E-state index contributed by atoms with van der Waals surface area (Å²) in [7, 11) is 0. The van der Waals surface area contributed by atoms with Crippen LogP contribution in [0.25, 0.3) is 0 Å². The Morgan fingerprint density at radius 3 is 2.67 bits per heavy atom. The average Bonchev–Trinajstić information content (AvgIpc) is 1.76. The van der Waals surface area contributed by atoms with E-state index < -0.39 is 0 Å². The van der Waals surface area contributed by atoms with Crippen LogP contribution < -0.4 is 51.4 Å². The van der Waals surface area contributed by atoms with Crippen LogP contribution in [0.4, 0.5) is 0 Å². The van der Waals surface area contributed by atoms with E-state index in [-0.39, 0.29) is 52.8 Å². The van der Waals surface area contributed by atoms with Gasteiger partial charge in [-0.15, -0.1) is 5.10 Å². The monoisotopic (exact) mass is 110 g/mol. The molecule has 0 aromatic carbocycles. The molecule has 0 atom stereocenters. The van der Waals surface area contributed by atoms with Crippen LogP contribution in [-0.4, -0.2) is 10.4 Å². The number of aromatic nitrogens is 2. The van der Waals surface area contributed by atoms with Gasteiger partial charge in [-0.05, 0) is 0 Å². The van der Waals surface area contributed by atoms with Gasteiger partial charge in [0.1, 0.15) is 6.26 Å². The first-order valence-electron chi connectivity index (χ1n) is 1.21. The molecule has 6 heavy (non-hydrogen) atoms. The Hall–Kier alpha value is 0.776. The van der Waals surface area contributed by atoms with Crippen LogP contribution in [0.1, 0.15) is 1.43 Å². The summed E-state index contributed by atoms with van der Waals surface area (Å²) >= 11 is 0. The molecule has 0 amide bonds. The molecule has 0 radical (unpaired) electrons. The Bertz CT molecular complexity index is 72.2. The molecule has 1 heterocycles. The number of nitrogens with zero attached hydrogens (tertiary/aromatic N) is 2. The van der Waals surface area contributed by atoms with Crippen LogP contribution in [0.2, 0.25) is 0 Å². The van der Waals surface area contributed by atoms with Crippen molar-refractivity contribution in [2.24, 2.45) is 0 Å². The zero-order valence-corrected chi connectivity index (χ0v) is 6.58. The van der Waals surface area contributed by atoms with Crippen LogP contribution in [0.3, 0.4) is 0 Å². The van der Waals surface area contributed by atoms with E-state index >= 15 is 0 Å². The minimum Gasteiger partial charge on any atom is -1.00 e. The molecule has 0 unspecified atom stereocenters. The van der Waals surface area contributed by atoms with E-state index in [0.29, 0.717) is 0 Å². The van der Waals surface area contributed by atoms with Gasteiger partial charge >= 0.3 is 51.4 Å². The van der Waals surface area contributed by atoms with Crippen LogP contribution in [0.5, 0.6) is 0 Å². The molecule has 0 aliphatic carbocycles. The van der Waals surface area contributed by atoms with Crippen molar-refractivity contribution in [1.82, 2.24) is 10.4 Å². The van der Waals surface area contributed by atoms with Crippen molar-refractivity contribution in [2.45, 2.75) is 0 Å². The fourth-order valence-corrected chi connectivity index (χ4v) is 0.136. The van der Waals surface area contributed by atoms with E-state index in [4.69, 9.17) is 0 Å². The fourth-order valence-electron chi connectivity index (χ4n) is 0.136. The molecule has 0 fully saturated rings. The van der Waals surface area contributed by atoms with Gasteiger partial charge in [-0.2, -0.15) is 0 Å². The van der Waals surface area contributed by atoms with E-state index in [1.807, 2.05) is 0 Å². The third kappa shape index (κ3) is 2.04. The molecule has 1 aromatic rings. The largest absolute Gasteiger partial charge is 1.00 e. The van der Waals surface area contributed by atoms with Gasteiger partial charge in [0, 0.05) is 5.27 Å². The summed E-state index contributed by atoms with van der Waals surface area (Å²) in [5, 5.41) is 6.40. The predicted octanol–water partition coefficient (Wildman–Crippen LogP) is -2.81. The summed E-state index contributed by atoms with van der Waals surface area (Å²) in [4.78, 5) is 0. The second kappa shape index (κ2) is 3.95. The maximum atomic E-state index is 4.22. The number of hydrogen-bond donors (Lipinski definition) is 0. The SMILES string of the molecule is [H-].[K+].c1conn1. The Balaban J connectivity index is 0. The second-order valence-corrected chi connectivity index (χ2v) is 0.588. The van der Waals surface area contributed by atoms with E-state index in [2.05, 4.69) is 14.9 Å². The zero-order chi connectivity index (χ0) is 3.54. The van der Waals surface area contributed by atoms with Gasteiger partial charge in [-0.25, -0.2) is 0 Å². The minimum atomic E-state index is 0. The van der Waals surface area contributed by atoms with Crippen molar-refractivity contribution < 1.29 is 57.3 Å². The third-order valence-corrected chi connectivity index (χ3v) is 0.283. The van der Waals surface area contributed by atoms with Gasteiger partial charge in [0.25, 0.3) is 0 Å². The summed E-state index contributed by atoms with van der Waals surface area (Å²) in [6.07, 6.45) is 2.88. The van der Waals surface area contributed by atoms with Crippen LogP contribution in [-0.2, 0) is 0 Å². The van der Waals surface area contributed by atoms with Gasteiger partial charge in [0.15, 0.2) is 0 Å². The molecule has 0 aliphatic rings. The molecule has 1 aromatic heterocycles. The fraction of sp³-hybridized carbons (Fsp3) is 0. The standard InChI is InChI=1S/C2H2N2O.K.H/c1-2-5-4-3-1;;/h1-2H;;/q;+1;-1. The quantitative estimate of drug-likeness (QED) is 0.338. The summed E-state index contributed by atoms with van der Waals surface area (Å²) < 4.78 is 4.22. The zero-order valence-electron chi connectivity index (χ0n) is 4.46. The molecule has 28 valence electrons. The average molecular weight is 110 g/mol. The van der Waals surface area contributed by atoms with Crippen molar-refractivity contribution in [2.75, 3.05) is 0 Å². The maximum absolute atomic E-state index is 4.22. The van der Waals surface area contributed by atoms with Gasteiger partial charge in [0.2, 0.25) is 0 Å². The van der Waals surface area contributed by atoms with Crippen LogP contribution >= 0.6 is 0 Å². The summed E-state index contributed by atoms with van der Waals surface area (Å²) in [5.41, 5.74) is 0. The van der Waals surface area contributed by atoms with Gasteiger partial charge < -0.3 is 5.95 Å². The molecule has 0 aliphatic heterocycles. The first-order chi connectivity index (χ1) is 2.50. The predicted molar refractivity (Wildman–Crippen MR) is 15.4 cm³/mol. The van der Waals surface area contributed by atoms with Crippen molar-refractivity contribution in [3.63, 3.8) is 0 Å². The number of rotatable bonds is 0. The van der Waals surface area contributed by atoms with Gasteiger partial charge in [-0.1, -0.05) is 0 Å². The summed E-state index contributed by atoms with van der Waals surface area (Å²) in [6, 6.07) is 0. The molecule has 0 bridgehead atoms. The first kappa shape index (κ1) is 6.78. The van der Waals surface area contributed by atoms with E-state index in [0.717, 1.165) is 0 Å². The van der Waals surface area contributed by atoms with E-state index in [1.165, 1.54) is 12.5 Å². The van der Waals surface area contributed by atoms with Crippen LogP contribution in [0.15, 0.2) is 17.0 Å². The maximum Gasteiger partial charge on any atom is 1.00 e. The molecular weight excluding hydrogens is 107 g/mol. The Kier molecular flexibility index (Phi) is 4.46. The Morgan fingerprint density at radius 1 is 1.67 bits per heavy atom.